The maximum absolute atomic E-state index is 15.9. The molecule has 0 spiro atoms. The van der Waals surface area contributed by atoms with Crippen LogP contribution in [0.15, 0.2) is 121 Å². The summed E-state index contributed by atoms with van der Waals surface area (Å²) in [5.41, 5.74) is 1.90. The molecular weight excluding hydrogens is 608 g/mol. The van der Waals surface area contributed by atoms with Gasteiger partial charge in [0, 0.05) is 0 Å². The van der Waals surface area contributed by atoms with Crippen molar-refractivity contribution >= 4 is 11.8 Å². The summed E-state index contributed by atoms with van der Waals surface area (Å²) in [6.45, 7) is 12.0. The van der Waals surface area contributed by atoms with Gasteiger partial charge in [0.25, 0.3) is 0 Å². The third-order valence-corrected chi connectivity index (χ3v) is 10.4. The Balaban J connectivity index is 1.97. The molecule has 1 aliphatic rings. The molecule has 0 saturated heterocycles. The highest BCUT2D eigenvalue weighted by atomic mass is 16.3. The standard InChI is InChI=1S/C43H52N2O4/c1-39(2,3)35(42(48,31-21-11-7-12-22-31)32-23-13-8-14-24-32)45(38(47)41(37(44)46)29-19-20-30-41)36(40(4,5)6)43(49,33-25-15-9-16-26-33)34-27-17-10-18-28-34/h7-18,21-28,35-36,48-49H,19-20,29-30H2,1-6H3,(H2,44,46). The number of aliphatic hydroxyl groups is 2. The first kappa shape index (κ1) is 36.0. The number of hydrogen-bond acceptors (Lipinski definition) is 4. The number of primary amides is 1. The summed E-state index contributed by atoms with van der Waals surface area (Å²) in [6, 6.07) is 35.6. The minimum Gasteiger partial charge on any atom is -0.378 e. The van der Waals surface area contributed by atoms with Crippen LogP contribution in [0.3, 0.4) is 0 Å². The maximum Gasteiger partial charge on any atom is 0.239 e. The quantitative estimate of drug-likeness (QED) is 0.153. The van der Waals surface area contributed by atoms with Gasteiger partial charge in [-0.3, -0.25) is 9.59 Å². The predicted octanol–water partition coefficient (Wildman–Crippen LogP) is 7.56. The van der Waals surface area contributed by atoms with E-state index in [2.05, 4.69) is 0 Å². The van der Waals surface area contributed by atoms with Crippen molar-refractivity contribution in [1.29, 1.82) is 0 Å². The Morgan fingerprint density at radius 1 is 0.571 bits per heavy atom. The molecule has 258 valence electrons. The maximum atomic E-state index is 15.9. The lowest BCUT2D eigenvalue weighted by Gasteiger charge is -2.59. The van der Waals surface area contributed by atoms with Gasteiger partial charge in [0.15, 0.2) is 0 Å². The average molecular weight is 661 g/mol. The lowest BCUT2D eigenvalue weighted by atomic mass is 9.63. The molecule has 4 N–H and O–H groups in total. The Bertz CT molecular complexity index is 1520. The Hall–Kier alpha value is -4.26. The Kier molecular flexibility index (Phi) is 9.98. The lowest BCUT2D eigenvalue weighted by Crippen LogP contribution is -2.71. The number of rotatable bonds is 10. The molecule has 2 amide bonds. The van der Waals surface area contributed by atoms with Crippen molar-refractivity contribution in [3.63, 3.8) is 0 Å². The Morgan fingerprint density at radius 2 is 0.837 bits per heavy atom. The van der Waals surface area contributed by atoms with Crippen molar-refractivity contribution in [2.45, 2.75) is 90.5 Å². The molecule has 0 radical (unpaired) electrons. The number of benzene rings is 4. The van der Waals surface area contributed by atoms with E-state index in [0.717, 1.165) is 0 Å². The first-order chi connectivity index (χ1) is 23.1. The van der Waals surface area contributed by atoms with Gasteiger partial charge in [-0.15, -0.1) is 0 Å². The number of nitrogens with zero attached hydrogens (tertiary/aromatic N) is 1. The van der Waals surface area contributed by atoms with Gasteiger partial charge in [0.05, 0.1) is 12.1 Å². The fourth-order valence-electron chi connectivity index (χ4n) is 8.40. The van der Waals surface area contributed by atoms with Crippen molar-refractivity contribution < 1.29 is 19.8 Å². The van der Waals surface area contributed by atoms with E-state index in [0.29, 0.717) is 47.9 Å². The van der Waals surface area contributed by atoms with Crippen LogP contribution >= 0.6 is 0 Å². The van der Waals surface area contributed by atoms with Gasteiger partial charge in [-0.1, -0.05) is 176 Å². The average Bonchev–Trinajstić information content (AvgIpc) is 3.60. The summed E-state index contributed by atoms with van der Waals surface area (Å²) in [5.74, 6) is -1.14. The molecule has 0 aliphatic heterocycles. The van der Waals surface area contributed by atoms with Crippen LogP contribution in [0.4, 0.5) is 0 Å². The molecular formula is C43H52N2O4. The van der Waals surface area contributed by atoms with Gasteiger partial charge in [-0.2, -0.15) is 0 Å². The van der Waals surface area contributed by atoms with Crippen LogP contribution in [0.1, 0.15) is 89.5 Å². The molecule has 6 nitrogen and oxygen atoms in total. The molecule has 1 aliphatic carbocycles. The van der Waals surface area contributed by atoms with E-state index < -0.39 is 51.3 Å². The van der Waals surface area contributed by atoms with Gasteiger partial charge in [0.1, 0.15) is 16.6 Å². The van der Waals surface area contributed by atoms with E-state index in [4.69, 9.17) is 5.73 Å². The van der Waals surface area contributed by atoms with Gasteiger partial charge >= 0.3 is 0 Å². The van der Waals surface area contributed by atoms with Crippen LogP contribution < -0.4 is 5.73 Å². The fraction of sp³-hybridized carbons (Fsp3) is 0.395. The minimum atomic E-state index is -1.79. The Morgan fingerprint density at radius 3 is 1.06 bits per heavy atom. The van der Waals surface area contributed by atoms with Crippen LogP contribution in [0, 0.1) is 16.2 Å². The van der Waals surface area contributed by atoms with Crippen LogP contribution in [0.25, 0.3) is 0 Å². The smallest absolute Gasteiger partial charge is 0.239 e. The number of carbonyl (C=O) groups excluding carboxylic acids is 2. The molecule has 2 unspecified atom stereocenters. The van der Waals surface area contributed by atoms with Gasteiger partial charge < -0.3 is 20.8 Å². The zero-order valence-electron chi connectivity index (χ0n) is 29.8. The second-order valence-electron chi connectivity index (χ2n) is 15.9. The summed E-state index contributed by atoms with van der Waals surface area (Å²) in [4.78, 5) is 31.3. The molecule has 0 aromatic heterocycles. The third-order valence-electron chi connectivity index (χ3n) is 10.4. The fourth-order valence-corrected chi connectivity index (χ4v) is 8.40. The second-order valence-corrected chi connectivity index (χ2v) is 15.9. The molecule has 0 heterocycles. The van der Waals surface area contributed by atoms with E-state index in [9.17, 15) is 15.0 Å². The first-order valence-corrected chi connectivity index (χ1v) is 17.4. The van der Waals surface area contributed by atoms with Crippen molar-refractivity contribution in [3.8, 4) is 0 Å². The molecule has 5 rings (SSSR count). The zero-order valence-corrected chi connectivity index (χ0v) is 29.8. The highest BCUT2D eigenvalue weighted by Gasteiger charge is 2.62. The van der Waals surface area contributed by atoms with Gasteiger partial charge in [0.2, 0.25) is 11.8 Å². The summed E-state index contributed by atoms with van der Waals surface area (Å²) >= 11 is 0. The molecule has 6 heteroatoms. The van der Waals surface area contributed by atoms with E-state index in [1.54, 1.807) is 4.90 Å². The van der Waals surface area contributed by atoms with E-state index in [-0.39, 0.29) is 0 Å². The molecule has 1 fully saturated rings. The van der Waals surface area contributed by atoms with Crippen LogP contribution in [0.2, 0.25) is 0 Å². The highest BCUT2D eigenvalue weighted by Crippen LogP contribution is 2.53. The third kappa shape index (κ3) is 6.44. The lowest BCUT2D eigenvalue weighted by molar-refractivity contribution is -0.184. The molecule has 49 heavy (non-hydrogen) atoms. The van der Waals surface area contributed by atoms with Crippen LogP contribution in [-0.2, 0) is 20.8 Å². The summed E-state index contributed by atoms with van der Waals surface area (Å²) in [6.07, 6.45) is 1.95. The number of hydrogen-bond donors (Lipinski definition) is 3. The normalized spacial score (nSPS) is 16.5. The van der Waals surface area contributed by atoms with Crippen molar-refractivity contribution in [2.75, 3.05) is 0 Å². The van der Waals surface area contributed by atoms with Crippen molar-refractivity contribution in [1.82, 2.24) is 4.90 Å². The minimum absolute atomic E-state index is 0.301. The van der Waals surface area contributed by atoms with E-state index in [1.165, 1.54) is 0 Å². The SMILES string of the molecule is CC(C)(C)C(N(C(=O)C1(C(N)=O)CCCC1)C(C(C)(C)C)C(O)(c1ccccc1)c1ccccc1)C(O)(c1ccccc1)c1ccccc1. The Labute approximate surface area is 292 Å². The monoisotopic (exact) mass is 660 g/mol. The number of nitrogens with two attached hydrogens (primary N) is 1. The molecule has 2 atom stereocenters. The zero-order chi connectivity index (χ0) is 35.7. The highest BCUT2D eigenvalue weighted by molar-refractivity contribution is 6.05. The van der Waals surface area contributed by atoms with Crippen LogP contribution in [0.5, 0.6) is 0 Å². The molecule has 1 saturated carbocycles. The predicted molar refractivity (Wildman–Crippen MR) is 195 cm³/mol. The number of amides is 2. The molecule has 4 aromatic carbocycles. The summed E-state index contributed by atoms with van der Waals surface area (Å²) in [7, 11) is 0. The van der Waals surface area contributed by atoms with Gasteiger partial charge in [-0.05, 0) is 45.9 Å². The van der Waals surface area contributed by atoms with Crippen LogP contribution in [-0.4, -0.2) is 39.0 Å². The van der Waals surface area contributed by atoms with Crippen molar-refractivity contribution in [3.05, 3.63) is 144 Å². The topological polar surface area (TPSA) is 104 Å². The molecule has 4 aromatic rings. The summed E-state index contributed by atoms with van der Waals surface area (Å²) < 4.78 is 0. The van der Waals surface area contributed by atoms with E-state index in [1.807, 2.05) is 163 Å². The van der Waals surface area contributed by atoms with Crippen molar-refractivity contribution in [2.24, 2.45) is 22.0 Å². The van der Waals surface area contributed by atoms with Gasteiger partial charge in [-0.25, -0.2) is 0 Å². The molecule has 0 bridgehead atoms. The first-order valence-electron chi connectivity index (χ1n) is 17.4. The van der Waals surface area contributed by atoms with E-state index >= 15 is 4.79 Å². The second kappa shape index (κ2) is 13.6. The summed E-state index contributed by atoms with van der Waals surface area (Å²) in [5, 5.41) is 27.3. The largest absolute Gasteiger partial charge is 0.378 e. The number of carbonyl (C=O) groups is 2.